The maximum Gasteiger partial charge on any atom is 0.261 e. The highest BCUT2D eigenvalue weighted by Crippen LogP contribution is 2.21. The monoisotopic (exact) mass is 492 g/mol. The molecule has 1 saturated carbocycles. The van der Waals surface area contributed by atoms with Gasteiger partial charge in [-0.2, -0.15) is 0 Å². The van der Waals surface area contributed by atoms with E-state index in [1.807, 2.05) is 30.3 Å². The van der Waals surface area contributed by atoms with Gasteiger partial charge in [0.25, 0.3) is 5.91 Å². The lowest BCUT2D eigenvalue weighted by atomic mass is 10.0. The van der Waals surface area contributed by atoms with Crippen molar-refractivity contribution in [1.29, 1.82) is 0 Å². The first-order chi connectivity index (χ1) is 17.5. The van der Waals surface area contributed by atoms with Gasteiger partial charge in [0, 0.05) is 24.6 Å². The molecule has 1 fully saturated rings. The number of rotatable bonds is 10. The summed E-state index contributed by atoms with van der Waals surface area (Å²) < 4.78 is 34.2. The Labute approximate surface area is 210 Å². The van der Waals surface area contributed by atoms with Gasteiger partial charge in [-0.25, -0.2) is 8.78 Å². The maximum absolute atomic E-state index is 14.6. The van der Waals surface area contributed by atoms with Crippen molar-refractivity contribution in [3.63, 3.8) is 0 Å². The van der Waals surface area contributed by atoms with Gasteiger partial charge in [0.15, 0.2) is 18.2 Å². The largest absolute Gasteiger partial charge is 0.481 e. The summed E-state index contributed by atoms with van der Waals surface area (Å²) in [5.41, 5.74) is 1.15. The fourth-order valence-corrected chi connectivity index (χ4v) is 4.52. The minimum absolute atomic E-state index is 0.0517. The van der Waals surface area contributed by atoms with Crippen LogP contribution in [0.15, 0.2) is 78.9 Å². The average Bonchev–Trinajstić information content (AvgIpc) is 3.40. The predicted octanol–water partition coefficient (Wildman–Crippen LogP) is 5.04. The molecule has 36 heavy (non-hydrogen) atoms. The molecule has 0 radical (unpaired) electrons. The third kappa shape index (κ3) is 6.68. The summed E-state index contributed by atoms with van der Waals surface area (Å²) in [5.74, 6) is -1.96. The number of amides is 2. The number of ether oxygens (including phenoxy) is 1. The summed E-state index contributed by atoms with van der Waals surface area (Å²) in [6, 6.07) is 20.5. The Morgan fingerprint density at radius 1 is 0.889 bits per heavy atom. The Hall–Kier alpha value is -3.74. The van der Waals surface area contributed by atoms with Crippen LogP contribution in [0.5, 0.6) is 5.75 Å². The number of benzene rings is 3. The zero-order valence-electron chi connectivity index (χ0n) is 20.0. The Kier molecular flexibility index (Phi) is 8.66. The Bertz CT molecular complexity index is 1170. The highest BCUT2D eigenvalue weighted by atomic mass is 19.1. The van der Waals surface area contributed by atoms with Crippen LogP contribution in [0.3, 0.4) is 0 Å². The predicted molar refractivity (Wildman–Crippen MR) is 133 cm³/mol. The van der Waals surface area contributed by atoms with Crippen molar-refractivity contribution >= 4 is 11.8 Å². The second-order valence-corrected chi connectivity index (χ2v) is 9.03. The van der Waals surface area contributed by atoms with Crippen molar-refractivity contribution in [2.24, 2.45) is 0 Å². The molecule has 7 heteroatoms. The van der Waals surface area contributed by atoms with Crippen molar-refractivity contribution in [2.45, 2.75) is 50.7 Å². The van der Waals surface area contributed by atoms with Crippen LogP contribution in [-0.4, -0.2) is 35.4 Å². The normalized spacial score (nSPS) is 14.3. The molecule has 1 atom stereocenters. The summed E-state index contributed by atoms with van der Waals surface area (Å²) >= 11 is 0. The smallest absolute Gasteiger partial charge is 0.261 e. The zero-order valence-corrected chi connectivity index (χ0v) is 20.0. The molecule has 5 nitrogen and oxygen atoms in total. The molecule has 1 N–H and O–H groups in total. The number of hydrogen-bond donors (Lipinski definition) is 1. The second-order valence-electron chi connectivity index (χ2n) is 9.03. The first-order valence-electron chi connectivity index (χ1n) is 12.3. The molecule has 0 aliphatic heterocycles. The highest BCUT2D eigenvalue weighted by molar-refractivity contribution is 5.88. The molecule has 188 valence electrons. The van der Waals surface area contributed by atoms with E-state index in [4.69, 9.17) is 4.74 Å². The summed E-state index contributed by atoms with van der Waals surface area (Å²) in [6.45, 7) is -0.612. The Balaban J connectivity index is 1.63. The van der Waals surface area contributed by atoms with Crippen LogP contribution in [0, 0.1) is 11.6 Å². The highest BCUT2D eigenvalue weighted by Gasteiger charge is 2.33. The van der Waals surface area contributed by atoms with Gasteiger partial charge in [-0.15, -0.1) is 0 Å². The number of para-hydroxylation sites is 1. The maximum atomic E-state index is 14.6. The van der Waals surface area contributed by atoms with Crippen molar-refractivity contribution in [2.75, 3.05) is 6.61 Å². The molecule has 0 heterocycles. The number of halogens is 2. The first kappa shape index (κ1) is 25.4. The molecule has 0 unspecified atom stereocenters. The van der Waals surface area contributed by atoms with E-state index in [9.17, 15) is 18.4 Å². The van der Waals surface area contributed by atoms with E-state index in [0.29, 0.717) is 0 Å². The second kappa shape index (κ2) is 12.3. The Morgan fingerprint density at radius 2 is 1.53 bits per heavy atom. The quantitative estimate of drug-likeness (QED) is 0.431. The summed E-state index contributed by atoms with van der Waals surface area (Å²) in [4.78, 5) is 28.4. The van der Waals surface area contributed by atoms with E-state index in [2.05, 4.69) is 5.32 Å². The van der Waals surface area contributed by atoms with Crippen LogP contribution < -0.4 is 10.1 Å². The van der Waals surface area contributed by atoms with Crippen LogP contribution in [0.1, 0.15) is 36.8 Å². The fourth-order valence-electron chi connectivity index (χ4n) is 4.52. The third-order valence-electron chi connectivity index (χ3n) is 6.46. The number of carbonyl (C=O) groups excluding carboxylic acids is 2. The lowest BCUT2D eigenvalue weighted by Crippen LogP contribution is -2.53. The summed E-state index contributed by atoms with van der Waals surface area (Å²) in [6.07, 6.45) is 4.12. The van der Waals surface area contributed by atoms with Crippen LogP contribution in [0.4, 0.5) is 8.78 Å². The standard InChI is InChI=1S/C29H30F2N2O3/c30-24-15-7-4-12-22(24)19-33(28(34)20-36-27-17-9-8-16-25(27)31)26(18-21-10-2-1-3-11-21)29(35)32-23-13-5-6-14-23/h1-4,7-12,15-17,23,26H,5-6,13-14,18-20H2,(H,32,35)/t26-/m1/s1. The number of nitrogens with one attached hydrogen (secondary N) is 1. The molecule has 3 aromatic rings. The molecular formula is C29H30F2N2O3. The van der Waals surface area contributed by atoms with Gasteiger partial charge in [0.05, 0.1) is 0 Å². The van der Waals surface area contributed by atoms with Gasteiger partial charge in [0.1, 0.15) is 11.9 Å². The van der Waals surface area contributed by atoms with Crippen molar-refractivity contribution in [1.82, 2.24) is 10.2 Å². The molecule has 1 aliphatic rings. The molecule has 0 aromatic heterocycles. The van der Waals surface area contributed by atoms with Crippen LogP contribution in [-0.2, 0) is 22.6 Å². The summed E-state index contributed by atoms with van der Waals surface area (Å²) in [7, 11) is 0. The van der Waals surface area contributed by atoms with Gasteiger partial charge in [0.2, 0.25) is 5.91 Å². The van der Waals surface area contributed by atoms with Crippen molar-refractivity contribution in [3.05, 3.63) is 102 Å². The SMILES string of the molecule is O=C(NC1CCCC1)[C@@H](Cc1ccccc1)N(Cc1ccccc1F)C(=O)COc1ccccc1F. The number of carbonyl (C=O) groups is 2. The topological polar surface area (TPSA) is 58.6 Å². The van der Waals surface area contributed by atoms with E-state index in [0.717, 1.165) is 31.2 Å². The van der Waals surface area contributed by atoms with Gasteiger partial charge in [-0.05, 0) is 36.6 Å². The molecule has 3 aromatic carbocycles. The van der Waals surface area contributed by atoms with Crippen LogP contribution in [0.25, 0.3) is 0 Å². The van der Waals surface area contributed by atoms with Crippen LogP contribution in [0.2, 0.25) is 0 Å². The minimum atomic E-state index is -0.899. The zero-order chi connectivity index (χ0) is 25.3. The average molecular weight is 493 g/mol. The molecule has 0 spiro atoms. The third-order valence-corrected chi connectivity index (χ3v) is 6.46. The number of nitrogens with zero attached hydrogens (tertiary/aromatic N) is 1. The lowest BCUT2D eigenvalue weighted by molar-refractivity contribution is -0.143. The van der Waals surface area contributed by atoms with Gasteiger partial charge in [-0.3, -0.25) is 9.59 Å². The van der Waals surface area contributed by atoms with Crippen molar-refractivity contribution < 1.29 is 23.1 Å². The fraction of sp³-hybridized carbons (Fsp3) is 0.310. The summed E-state index contributed by atoms with van der Waals surface area (Å²) in [5, 5.41) is 3.09. The van der Waals surface area contributed by atoms with Gasteiger partial charge in [-0.1, -0.05) is 73.5 Å². The van der Waals surface area contributed by atoms with E-state index in [1.54, 1.807) is 24.3 Å². The van der Waals surface area contributed by atoms with E-state index in [1.165, 1.54) is 29.2 Å². The molecule has 1 aliphatic carbocycles. The molecule has 2 amide bonds. The van der Waals surface area contributed by atoms with Crippen molar-refractivity contribution in [3.8, 4) is 5.75 Å². The number of hydrogen-bond acceptors (Lipinski definition) is 3. The Morgan fingerprint density at radius 3 is 2.22 bits per heavy atom. The van der Waals surface area contributed by atoms with Gasteiger partial charge < -0.3 is 15.0 Å². The molecule has 0 saturated heterocycles. The van der Waals surface area contributed by atoms with Crippen LogP contribution >= 0.6 is 0 Å². The molecule has 0 bridgehead atoms. The van der Waals surface area contributed by atoms with E-state index < -0.39 is 30.2 Å². The molecular weight excluding hydrogens is 462 g/mol. The van der Waals surface area contributed by atoms with E-state index >= 15 is 0 Å². The first-order valence-corrected chi connectivity index (χ1v) is 12.3. The lowest BCUT2D eigenvalue weighted by Gasteiger charge is -2.32. The van der Waals surface area contributed by atoms with Gasteiger partial charge >= 0.3 is 0 Å². The minimum Gasteiger partial charge on any atom is -0.481 e. The molecule has 4 rings (SSSR count). The van der Waals surface area contributed by atoms with E-state index in [-0.39, 0.29) is 36.2 Å².